The molecule has 1 aliphatic rings. The van der Waals surface area contributed by atoms with E-state index in [0.717, 1.165) is 19.7 Å². The highest BCUT2D eigenvalue weighted by Crippen LogP contribution is 2.17. The van der Waals surface area contributed by atoms with Gasteiger partial charge in [-0.25, -0.2) is 9.97 Å². The van der Waals surface area contributed by atoms with Crippen LogP contribution in [0.15, 0.2) is 12.4 Å². The summed E-state index contributed by atoms with van der Waals surface area (Å²) in [5.74, 6) is 1.79. The van der Waals surface area contributed by atoms with Gasteiger partial charge in [-0.15, -0.1) is 0 Å². The number of nitrogens with one attached hydrogen (secondary N) is 1. The second-order valence-corrected chi connectivity index (χ2v) is 4.87. The van der Waals surface area contributed by atoms with E-state index in [-0.39, 0.29) is 6.10 Å². The molecule has 0 saturated carbocycles. The Balaban J connectivity index is 1.84. The monoisotopic (exact) mass is 251 g/mol. The van der Waals surface area contributed by atoms with Crippen molar-refractivity contribution in [2.45, 2.75) is 32.8 Å². The number of piperidine rings is 1. The van der Waals surface area contributed by atoms with Crippen LogP contribution in [0.3, 0.4) is 0 Å². The van der Waals surface area contributed by atoms with E-state index in [1.54, 1.807) is 6.07 Å². The molecule has 5 nitrogen and oxygen atoms in total. The zero-order chi connectivity index (χ0) is 12.8. The van der Waals surface area contributed by atoms with Gasteiger partial charge >= 0.3 is 0 Å². The van der Waals surface area contributed by atoms with Gasteiger partial charge in [0.15, 0.2) is 0 Å². The number of hydrogen-bond acceptors (Lipinski definition) is 5. The van der Waals surface area contributed by atoms with Gasteiger partial charge < -0.3 is 14.8 Å². The third-order valence-corrected chi connectivity index (χ3v) is 2.90. The van der Waals surface area contributed by atoms with Gasteiger partial charge in [0, 0.05) is 0 Å². The lowest BCUT2D eigenvalue weighted by molar-refractivity contribution is 0.202. The van der Waals surface area contributed by atoms with Crippen molar-refractivity contribution in [3.05, 3.63) is 12.4 Å². The molecule has 1 aliphatic heterocycles. The molecular weight excluding hydrogens is 230 g/mol. The number of rotatable bonds is 5. The predicted octanol–water partition coefficient (Wildman–Crippen LogP) is 1.64. The molecule has 2 heterocycles. The second-order valence-electron chi connectivity index (χ2n) is 4.87. The lowest BCUT2D eigenvalue weighted by atomic mass is 9.99. The fourth-order valence-corrected chi connectivity index (χ4v) is 1.96. The van der Waals surface area contributed by atoms with Gasteiger partial charge in [0.2, 0.25) is 11.8 Å². The lowest BCUT2D eigenvalue weighted by Crippen LogP contribution is -2.30. The van der Waals surface area contributed by atoms with Crippen LogP contribution < -0.4 is 14.8 Å². The number of nitrogens with zero attached hydrogens (tertiary/aromatic N) is 2. The Kier molecular flexibility index (Phi) is 4.75. The molecule has 0 amide bonds. The highest BCUT2D eigenvalue weighted by Gasteiger charge is 2.14. The smallest absolute Gasteiger partial charge is 0.220 e. The predicted molar refractivity (Wildman–Crippen MR) is 68.9 cm³/mol. The van der Waals surface area contributed by atoms with Crippen LogP contribution in [0.1, 0.15) is 26.7 Å². The van der Waals surface area contributed by atoms with E-state index in [4.69, 9.17) is 9.47 Å². The summed E-state index contributed by atoms with van der Waals surface area (Å²) < 4.78 is 11.2. The van der Waals surface area contributed by atoms with Crippen LogP contribution in [-0.4, -0.2) is 35.8 Å². The fraction of sp³-hybridized carbons (Fsp3) is 0.692. The molecule has 0 unspecified atom stereocenters. The zero-order valence-corrected chi connectivity index (χ0v) is 11.1. The summed E-state index contributed by atoms with van der Waals surface area (Å²) in [6.45, 7) is 6.83. The summed E-state index contributed by atoms with van der Waals surface area (Å²) in [6.07, 6.45) is 3.92. The van der Waals surface area contributed by atoms with E-state index in [0.29, 0.717) is 17.7 Å². The Labute approximate surface area is 108 Å². The molecule has 0 atom stereocenters. The minimum absolute atomic E-state index is 0.108. The van der Waals surface area contributed by atoms with Gasteiger partial charge in [0.05, 0.1) is 18.8 Å². The van der Waals surface area contributed by atoms with E-state index in [9.17, 15) is 0 Å². The van der Waals surface area contributed by atoms with Gasteiger partial charge in [0.25, 0.3) is 0 Å². The Bertz CT molecular complexity index is 365. The lowest BCUT2D eigenvalue weighted by Gasteiger charge is -2.22. The van der Waals surface area contributed by atoms with E-state index < -0.39 is 0 Å². The van der Waals surface area contributed by atoms with Crippen molar-refractivity contribution in [2.24, 2.45) is 5.92 Å². The maximum atomic E-state index is 5.71. The number of aromatic nitrogens is 2. The molecule has 0 radical (unpaired) electrons. The molecule has 2 rings (SSSR count). The van der Waals surface area contributed by atoms with Crippen LogP contribution in [0.5, 0.6) is 11.8 Å². The van der Waals surface area contributed by atoms with Crippen molar-refractivity contribution in [1.29, 1.82) is 0 Å². The zero-order valence-electron chi connectivity index (χ0n) is 11.1. The van der Waals surface area contributed by atoms with E-state index >= 15 is 0 Å². The molecule has 1 fully saturated rings. The molecular formula is C13H21N3O2. The van der Waals surface area contributed by atoms with Crippen molar-refractivity contribution in [3.8, 4) is 11.8 Å². The van der Waals surface area contributed by atoms with Crippen LogP contribution in [-0.2, 0) is 0 Å². The van der Waals surface area contributed by atoms with Crippen molar-refractivity contribution in [2.75, 3.05) is 19.7 Å². The van der Waals surface area contributed by atoms with Crippen LogP contribution >= 0.6 is 0 Å². The minimum atomic E-state index is 0.108. The van der Waals surface area contributed by atoms with E-state index in [1.807, 2.05) is 13.8 Å². The summed E-state index contributed by atoms with van der Waals surface area (Å²) in [5, 5.41) is 3.34. The highest BCUT2D eigenvalue weighted by molar-refractivity contribution is 5.18. The van der Waals surface area contributed by atoms with Crippen LogP contribution in [0.25, 0.3) is 0 Å². The number of hydrogen-bond donors (Lipinski definition) is 1. The first-order valence-corrected chi connectivity index (χ1v) is 6.56. The molecule has 0 aliphatic carbocycles. The normalized spacial score (nSPS) is 16.8. The molecule has 0 bridgehead atoms. The summed E-state index contributed by atoms with van der Waals surface area (Å²) in [7, 11) is 0. The van der Waals surface area contributed by atoms with Crippen LogP contribution in [0.4, 0.5) is 0 Å². The highest BCUT2D eigenvalue weighted by atomic mass is 16.5. The molecule has 18 heavy (non-hydrogen) atoms. The Morgan fingerprint density at radius 3 is 2.72 bits per heavy atom. The largest absolute Gasteiger partial charge is 0.477 e. The SMILES string of the molecule is CC(C)Oc1cc(OCC2CCNCC2)ncn1. The van der Waals surface area contributed by atoms with Gasteiger partial charge in [-0.2, -0.15) is 0 Å². The minimum Gasteiger partial charge on any atom is -0.477 e. The topological polar surface area (TPSA) is 56.3 Å². The van der Waals surface area contributed by atoms with Gasteiger partial charge in [0.1, 0.15) is 6.33 Å². The summed E-state index contributed by atoms with van der Waals surface area (Å²) in [6, 6.07) is 1.75. The Morgan fingerprint density at radius 2 is 2.00 bits per heavy atom. The average Bonchev–Trinajstić information content (AvgIpc) is 2.37. The first-order valence-electron chi connectivity index (χ1n) is 6.56. The Morgan fingerprint density at radius 1 is 1.28 bits per heavy atom. The maximum Gasteiger partial charge on any atom is 0.220 e. The average molecular weight is 251 g/mol. The van der Waals surface area contributed by atoms with Crippen molar-refractivity contribution >= 4 is 0 Å². The second kappa shape index (κ2) is 6.54. The standard InChI is InChI=1S/C13H21N3O2/c1-10(2)18-13-7-12(15-9-16-13)17-8-11-3-5-14-6-4-11/h7,9-11,14H,3-6,8H2,1-2H3. The van der Waals surface area contributed by atoms with Crippen molar-refractivity contribution in [3.63, 3.8) is 0 Å². The summed E-state index contributed by atoms with van der Waals surface area (Å²) >= 11 is 0. The Hall–Kier alpha value is -1.36. The third-order valence-electron chi connectivity index (χ3n) is 2.90. The van der Waals surface area contributed by atoms with Crippen molar-refractivity contribution < 1.29 is 9.47 Å². The first kappa shape index (κ1) is 13.1. The van der Waals surface area contributed by atoms with Gasteiger partial charge in [-0.05, 0) is 45.7 Å². The van der Waals surface area contributed by atoms with Gasteiger partial charge in [-0.3, -0.25) is 0 Å². The molecule has 1 N–H and O–H groups in total. The van der Waals surface area contributed by atoms with E-state index in [2.05, 4.69) is 15.3 Å². The molecule has 1 saturated heterocycles. The number of ether oxygens (including phenoxy) is 2. The fourth-order valence-electron chi connectivity index (χ4n) is 1.96. The van der Waals surface area contributed by atoms with E-state index in [1.165, 1.54) is 19.2 Å². The maximum absolute atomic E-state index is 5.71. The molecule has 1 aromatic rings. The quantitative estimate of drug-likeness (QED) is 0.862. The summed E-state index contributed by atoms with van der Waals surface area (Å²) in [5.41, 5.74) is 0. The third kappa shape index (κ3) is 4.14. The van der Waals surface area contributed by atoms with Crippen LogP contribution in [0.2, 0.25) is 0 Å². The molecule has 0 spiro atoms. The molecule has 5 heteroatoms. The summed E-state index contributed by atoms with van der Waals surface area (Å²) in [4.78, 5) is 8.15. The molecule has 1 aromatic heterocycles. The van der Waals surface area contributed by atoms with Crippen molar-refractivity contribution in [1.82, 2.24) is 15.3 Å². The van der Waals surface area contributed by atoms with Crippen LogP contribution in [0, 0.1) is 5.92 Å². The molecule has 100 valence electrons. The molecule has 0 aromatic carbocycles. The van der Waals surface area contributed by atoms with Gasteiger partial charge in [-0.1, -0.05) is 0 Å². The first-order chi connectivity index (χ1) is 8.74.